The maximum Gasteiger partial charge on any atom is 0.00682 e. The molecule has 0 unspecified atom stereocenters. The lowest BCUT2D eigenvalue weighted by Gasteiger charge is -2.01. The zero-order chi connectivity index (χ0) is 8.93. The number of hydrogen-bond acceptors (Lipinski definition) is 1. The molecule has 2 nitrogen and oxygen atoms in total. The number of rotatable bonds is 6. The highest BCUT2D eigenvalue weighted by molar-refractivity contribution is 5.07. The molecule has 1 aliphatic rings. The van der Waals surface area contributed by atoms with E-state index in [-0.39, 0.29) is 0 Å². The van der Waals surface area contributed by atoms with E-state index >= 15 is 0 Å². The average Bonchev–Trinajstić information content (AvgIpc) is 2.81. The van der Waals surface area contributed by atoms with Gasteiger partial charge in [-0.25, -0.2) is 0 Å². The molecule has 1 saturated carbocycles. The Kier molecular flexibility index (Phi) is 3.03. The molecule has 1 aromatic heterocycles. The van der Waals surface area contributed by atoms with Gasteiger partial charge in [0.1, 0.15) is 0 Å². The predicted octanol–water partition coefficient (Wildman–Crippen LogP) is 2.09. The number of nitrogens with one attached hydrogen (secondary N) is 2. The van der Waals surface area contributed by atoms with Gasteiger partial charge in [-0.3, -0.25) is 0 Å². The topological polar surface area (TPSA) is 27.8 Å². The molecule has 13 heavy (non-hydrogen) atoms. The zero-order valence-electron chi connectivity index (χ0n) is 8.05. The molecule has 0 aromatic carbocycles. The van der Waals surface area contributed by atoms with Crippen molar-refractivity contribution in [2.75, 3.05) is 6.54 Å². The molecule has 0 spiro atoms. The summed E-state index contributed by atoms with van der Waals surface area (Å²) in [6, 6.07) is 3.03. The molecule has 1 fully saturated rings. The molecule has 0 amide bonds. The van der Waals surface area contributed by atoms with Crippen LogP contribution in [-0.2, 0) is 6.42 Å². The number of unbranched alkanes of at least 4 members (excludes halogenated alkanes) is 1. The van der Waals surface area contributed by atoms with Crippen LogP contribution in [0.2, 0.25) is 0 Å². The van der Waals surface area contributed by atoms with Gasteiger partial charge in [0.15, 0.2) is 0 Å². The summed E-state index contributed by atoms with van der Waals surface area (Å²) in [6.07, 6.45) is 10.7. The van der Waals surface area contributed by atoms with E-state index in [2.05, 4.69) is 22.6 Å². The summed E-state index contributed by atoms with van der Waals surface area (Å²) < 4.78 is 0. The Balaban J connectivity index is 1.48. The summed E-state index contributed by atoms with van der Waals surface area (Å²) in [7, 11) is 0. The first-order valence-corrected chi connectivity index (χ1v) is 5.30. The smallest absolute Gasteiger partial charge is 0.00682 e. The van der Waals surface area contributed by atoms with E-state index in [9.17, 15) is 0 Å². The van der Waals surface area contributed by atoms with Crippen LogP contribution in [0.5, 0.6) is 0 Å². The van der Waals surface area contributed by atoms with Crippen molar-refractivity contribution in [3.8, 4) is 0 Å². The van der Waals surface area contributed by atoms with Gasteiger partial charge in [-0.05, 0) is 50.3 Å². The van der Waals surface area contributed by atoms with Gasteiger partial charge >= 0.3 is 0 Å². The molecule has 1 aliphatic carbocycles. The number of H-pyrrole nitrogens is 1. The van der Waals surface area contributed by atoms with Gasteiger partial charge in [-0.2, -0.15) is 0 Å². The van der Waals surface area contributed by atoms with Crippen LogP contribution >= 0.6 is 0 Å². The lowest BCUT2D eigenvalue weighted by Crippen LogP contribution is -2.17. The number of hydrogen-bond donors (Lipinski definition) is 2. The lowest BCUT2D eigenvalue weighted by atomic mass is 10.1. The number of aryl methyl sites for hydroxylation is 1. The van der Waals surface area contributed by atoms with E-state index < -0.39 is 0 Å². The van der Waals surface area contributed by atoms with Crippen molar-refractivity contribution in [1.82, 2.24) is 10.3 Å². The van der Waals surface area contributed by atoms with Gasteiger partial charge in [-0.1, -0.05) is 0 Å². The largest absolute Gasteiger partial charge is 0.367 e. The predicted molar refractivity (Wildman–Crippen MR) is 54.8 cm³/mol. The van der Waals surface area contributed by atoms with Crippen LogP contribution < -0.4 is 5.32 Å². The Hall–Kier alpha value is -0.760. The van der Waals surface area contributed by atoms with Crippen molar-refractivity contribution in [2.45, 2.75) is 38.1 Å². The fourth-order valence-corrected chi connectivity index (χ4v) is 1.56. The minimum absolute atomic E-state index is 0.868. The third-order valence-electron chi connectivity index (χ3n) is 2.56. The third-order valence-corrected chi connectivity index (χ3v) is 2.56. The summed E-state index contributed by atoms with van der Waals surface area (Å²) in [5.74, 6) is 0. The first kappa shape index (κ1) is 8.82. The Morgan fingerprint density at radius 2 is 2.31 bits per heavy atom. The molecular formula is C11H18N2. The Labute approximate surface area is 79.7 Å². The minimum Gasteiger partial charge on any atom is -0.367 e. The van der Waals surface area contributed by atoms with E-state index in [0.29, 0.717) is 0 Å². The van der Waals surface area contributed by atoms with Gasteiger partial charge in [0.05, 0.1) is 0 Å². The summed E-state index contributed by atoms with van der Waals surface area (Å²) in [6.45, 7) is 1.20. The van der Waals surface area contributed by atoms with Crippen LogP contribution in [0.3, 0.4) is 0 Å². The highest BCUT2D eigenvalue weighted by Crippen LogP contribution is 2.18. The Morgan fingerprint density at radius 3 is 3.00 bits per heavy atom. The second-order valence-electron chi connectivity index (χ2n) is 3.90. The SMILES string of the molecule is c1cc(CCCCNC2CC2)c[nH]1. The van der Waals surface area contributed by atoms with E-state index in [1.165, 1.54) is 44.2 Å². The van der Waals surface area contributed by atoms with Crippen LogP contribution in [0.15, 0.2) is 18.5 Å². The third kappa shape index (κ3) is 3.23. The summed E-state index contributed by atoms with van der Waals surface area (Å²) in [5.41, 5.74) is 1.44. The molecular weight excluding hydrogens is 160 g/mol. The molecule has 0 radical (unpaired) electrons. The first-order chi connectivity index (χ1) is 6.45. The van der Waals surface area contributed by atoms with Crippen molar-refractivity contribution in [1.29, 1.82) is 0 Å². The summed E-state index contributed by atoms with van der Waals surface area (Å²) >= 11 is 0. The highest BCUT2D eigenvalue weighted by atomic mass is 14.9. The van der Waals surface area contributed by atoms with Crippen molar-refractivity contribution >= 4 is 0 Å². The maximum absolute atomic E-state index is 3.53. The lowest BCUT2D eigenvalue weighted by molar-refractivity contribution is 0.620. The van der Waals surface area contributed by atoms with Crippen LogP contribution in [-0.4, -0.2) is 17.6 Å². The fourth-order valence-electron chi connectivity index (χ4n) is 1.56. The van der Waals surface area contributed by atoms with E-state index in [1.54, 1.807) is 0 Å². The van der Waals surface area contributed by atoms with E-state index in [0.717, 1.165) is 6.04 Å². The van der Waals surface area contributed by atoms with E-state index in [1.807, 2.05) is 6.20 Å². The molecule has 0 bridgehead atoms. The van der Waals surface area contributed by atoms with Gasteiger partial charge < -0.3 is 10.3 Å². The molecule has 2 rings (SSSR count). The molecule has 0 aliphatic heterocycles. The summed E-state index contributed by atoms with van der Waals surface area (Å²) in [4.78, 5) is 3.08. The molecule has 0 saturated heterocycles. The van der Waals surface area contributed by atoms with Crippen LogP contribution in [0, 0.1) is 0 Å². The van der Waals surface area contributed by atoms with Gasteiger partial charge in [0, 0.05) is 18.4 Å². The maximum atomic E-state index is 3.53. The molecule has 72 valence electrons. The van der Waals surface area contributed by atoms with Crippen molar-refractivity contribution in [2.24, 2.45) is 0 Å². The average molecular weight is 178 g/mol. The van der Waals surface area contributed by atoms with Crippen LogP contribution in [0.25, 0.3) is 0 Å². The second-order valence-corrected chi connectivity index (χ2v) is 3.90. The highest BCUT2D eigenvalue weighted by Gasteiger charge is 2.19. The van der Waals surface area contributed by atoms with Crippen molar-refractivity contribution in [3.05, 3.63) is 24.0 Å². The molecule has 0 atom stereocenters. The molecule has 1 heterocycles. The Morgan fingerprint density at radius 1 is 1.38 bits per heavy atom. The zero-order valence-corrected chi connectivity index (χ0v) is 8.05. The Bertz CT molecular complexity index is 224. The standard InChI is InChI=1S/C11H18N2/c1(2-7-13-11-4-5-11)3-10-6-8-12-9-10/h6,8-9,11-13H,1-5,7H2. The number of aromatic amines is 1. The second kappa shape index (κ2) is 4.47. The monoisotopic (exact) mass is 178 g/mol. The van der Waals surface area contributed by atoms with Gasteiger partial charge in [0.2, 0.25) is 0 Å². The minimum atomic E-state index is 0.868. The molecule has 2 N–H and O–H groups in total. The van der Waals surface area contributed by atoms with Crippen LogP contribution in [0.1, 0.15) is 31.2 Å². The van der Waals surface area contributed by atoms with Gasteiger partial charge in [-0.15, -0.1) is 0 Å². The fraction of sp³-hybridized carbons (Fsp3) is 0.636. The number of aromatic nitrogens is 1. The quantitative estimate of drug-likeness (QED) is 0.641. The van der Waals surface area contributed by atoms with Crippen molar-refractivity contribution < 1.29 is 0 Å². The van der Waals surface area contributed by atoms with Crippen LogP contribution in [0.4, 0.5) is 0 Å². The first-order valence-electron chi connectivity index (χ1n) is 5.30. The summed E-state index contributed by atoms with van der Waals surface area (Å²) in [5, 5.41) is 3.53. The normalized spacial score (nSPS) is 16.3. The van der Waals surface area contributed by atoms with Crippen molar-refractivity contribution in [3.63, 3.8) is 0 Å². The van der Waals surface area contributed by atoms with Gasteiger partial charge in [0.25, 0.3) is 0 Å². The molecule has 2 heteroatoms. The molecule has 1 aromatic rings. The van der Waals surface area contributed by atoms with E-state index in [4.69, 9.17) is 0 Å².